The normalized spacial score (nSPS) is 11.8. The Morgan fingerprint density at radius 1 is 1.37 bits per heavy atom. The van der Waals surface area contributed by atoms with Crippen LogP contribution in [0, 0.1) is 6.92 Å². The average Bonchev–Trinajstić information content (AvgIpc) is 2.54. The molecule has 2 aromatic heterocycles. The Balaban J connectivity index is 2.40. The van der Waals surface area contributed by atoms with Gasteiger partial charge in [-0.25, -0.2) is 4.98 Å². The van der Waals surface area contributed by atoms with E-state index in [9.17, 15) is 18.3 Å². The van der Waals surface area contributed by atoms with Crippen LogP contribution >= 0.6 is 0 Å². The number of nitrogens with two attached hydrogens (primary N) is 1. The van der Waals surface area contributed by atoms with E-state index in [1.165, 1.54) is 19.2 Å². The van der Waals surface area contributed by atoms with Crippen LogP contribution in [0.5, 0.6) is 5.88 Å². The number of nitrogen functional groups attached to an aromatic ring is 1. The van der Waals surface area contributed by atoms with Gasteiger partial charge in [-0.05, 0) is 6.92 Å². The van der Waals surface area contributed by atoms with Gasteiger partial charge in [0.15, 0.2) is 0 Å². The van der Waals surface area contributed by atoms with E-state index in [1.807, 2.05) is 0 Å². The van der Waals surface area contributed by atoms with Gasteiger partial charge in [0.25, 0.3) is 0 Å². The fraction of sp³-hybridized carbons (Fsp3) is 0.300. The largest absolute Gasteiger partial charge is 0.493 e. The highest BCUT2D eigenvalue weighted by atomic mass is 19.4. The summed E-state index contributed by atoms with van der Waals surface area (Å²) < 4.78 is 37.6. The average molecular weight is 273 g/mol. The van der Waals surface area contributed by atoms with E-state index in [2.05, 4.69) is 15.1 Å². The standard InChI is InChI=1S/C10H10F3N5O/c1-5-6(3-18(17-5)4-10(11,12)13)7-2-8(19)16-9(14)15-7/h2-3H,4H2,1H3,(H3,14,15,16,19). The predicted octanol–water partition coefficient (Wildman–Crippen LogP) is 1.50. The molecule has 0 aromatic carbocycles. The molecule has 9 heteroatoms. The van der Waals surface area contributed by atoms with Crippen LogP contribution in [0.3, 0.4) is 0 Å². The number of nitrogens with zero attached hydrogens (tertiary/aromatic N) is 4. The van der Waals surface area contributed by atoms with Crippen molar-refractivity contribution in [2.45, 2.75) is 19.6 Å². The minimum absolute atomic E-state index is 0.169. The van der Waals surface area contributed by atoms with E-state index in [-0.39, 0.29) is 17.5 Å². The zero-order valence-electron chi connectivity index (χ0n) is 9.81. The number of aromatic nitrogens is 4. The minimum atomic E-state index is -4.36. The van der Waals surface area contributed by atoms with Crippen molar-refractivity contribution >= 4 is 5.95 Å². The fourth-order valence-corrected chi connectivity index (χ4v) is 1.62. The summed E-state index contributed by atoms with van der Waals surface area (Å²) in [6.07, 6.45) is -3.16. The molecule has 0 saturated heterocycles. The Morgan fingerprint density at radius 2 is 2.05 bits per heavy atom. The molecule has 0 aliphatic heterocycles. The summed E-state index contributed by atoms with van der Waals surface area (Å²) in [5.41, 5.74) is 6.29. The molecule has 0 fully saturated rings. The van der Waals surface area contributed by atoms with Crippen molar-refractivity contribution in [2.24, 2.45) is 0 Å². The van der Waals surface area contributed by atoms with Crippen LogP contribution in [0.15, 0.2) is 12.3 Å². The van der Waals surface area contributed by atoms with Crippen molar-refractivity contribution in [3.05, 3.63) is 18.0 Å². The first kappa shape index (κ1) is 13.1. The lowest BCUT2D eigenvalue weighted by atomic mass is 10.2. The molecule has 0 aliphatic carbocycles. The summed E-state index contributed by atoms with van der Waals surface area (Å²) in [6.45, 7) is 0.345. The zero-order chi connectivity index (χ0) is 14.2. The maximum Gasteiger partial charge on any atom is 0.408 e. The molecule has 0 spiro atoms. The molecule has 0 saturated carbocycles. The maximum atomic E-state index is 12.3. The van der Waals surface area contributed by atoms with E-state index in [0.29, 0.717) is 11.3 Å². The van der Waals surface area contributed by atoms with E-state index in [0.717, 1.165) is 4.68 Å². The summed E-state index contributed by atoms with van der Waals surface area (Å²) in [4.78, 5) is 7.32. The Labute approximate surface area is 105 Å². The molecule has 2 aromatic rings. The molecule has 0 radical (unpaired) electrons. The molecular formula is C10H10F3N5O. The third kappa shape index (κ3) is 3.12. The number of aromatic hydroxyl groups is 1. The van der Waals surface area contributed by atoms with Crippen LogP contribution in [-0.4, -0.2) is 31.0 Å². The van der Waals surface area contributed by atoms with Crippen molar-refractivity contribution in [1.29, 1.82) is 0 Å². The second-order valence-corrected chi connectivity index (χ2v) is 3.91. The predicted molar refractivity (Wildman–Crippen MR) is 60.1 cm³/mol. The van der Waals surface area contributed by atoms with Crippen molar-refractivity contribution < 1.29 is 18.3 Å². The molecule has 2 heterocycles. The van der Waals surface area contributed by atoms with Gasteiger partial charge in [-0.3, -0.25) is 4.68 Å². The summed E-state index contributed by atoms with van der Waals surface area (Å²) in [7, 11) is 0. The van der Waals surface area contributed by atoms with Crippen LogP contribution in [0.1, 0.15) is 5.69 Å². The van der Waals surface area contributed by atoms with Crippen LogP contribution < -0.4 is 5.73 Å². The molecule has 3 N–H and O–H groups in total. The molecule has 0 bridgehead atoms. The Hall–Kier alpha value is -2.32. The summed E-state index contributed by atoms with van der Waals surface area (Å²) in [5, 5.41) is 13.0. The van der Waals surface area contributed by atoms with Gasteiger partial charge in [-0.1, -0.05) is 0 Å². The molecule has 2 rings (SSSR count). The van der Waals surface area contributed by atoms with E-state index in [1.54, 1.807) is 0 Å². The lowest BCUT2D eigenvalue weighted by Gasteiger charge is -2.05. The van der Waals surface area contributed by atoms with Gasteiger partial charge < -0.3 is 10.8 Å². The van der Waals surface area contributed by atoms with Gasteiger partial charge in [-0.2, -0.15) is 23.3 Å². The highest BCUT2D eigenvalue weighted by Gasteiger charge is 2.29. The third-order valence-corrected chi connectivity index (χ3v) is 2.29. The Bertz CT molecular complexity index is 587. The van der Waals surface area contributed by atoms with E-state index < -0.39 is 12.7 Å². The first-order valence-electron chi connectivity index (χ1n) is 5.19. The number of halogens is 3. The van der Waals surface area contributed by atoms with Gasteiger partial charge in [0.1, 0.15) is 6.54 Å². The molecule has 19 heavy (non-hydrogen) atoms. The van der Waals surface area contributed by atoms with Gasteiger partial charge in [0.05, 0.1) is 11.4 Å². The van der Waals surface area contributed by atoms with Crippen molar-refractivity contribution in [2.75, 3.05) is 5.73 Å². The number of alkyl halides is 3. The smallest absolute Gasteiger partial charge is 0.408 e. The van der Waals surface area contributed by atoms with Gasteiger partial charge in [0, 0.05) is 17.8 Å². The van der Waals surface area contributed by atoms with Gasteiger partial charge in [-0.15, -0.1) is 0 Å². The first-order valence-corrected chi connectivity index (χ1v) is 5.19. The van der Waals surface area contributed by atoms with Crippen molar-refractivity contribution in [3.63, 3.8) is 0 Å². The molecule has 0 amide bonds. The van der Waals surface area contributed by atoms with Crippen molar-refractivity contribution in [1.82, 2.24) is 19.7 Å². The maximum absolute atomic E-state index is 12.3. The lowest BCUT2D eigenvalue weighted by molar-refractivity contribution is -0.142. The quantitative estimate of drug-likeness (QED) is 0.865. The number of aryl methyl sites for hydroxylation is 1. The highest BCUT2D eigenvalue weighted by molar-refractivity contribution is 5.62. The van der Waals surface area contributed by atoms with E-state index >= 15 is 0 Å². The Kier molecular flexibility index (Phi) is 3.05. The van der Waals surface area contributed by atoms with Crippen LogP contribution in [0.4, 0.5) is 19.1 Å². The van der Waals surface area contributed by atoms with Crippen LogP contribution in [-0.2, 0) is 6.54 Å². The zero-order valence-corrected chi connectivity index (χ0v) is 9.81. The topological polar surface area (TPSA) is 89.8 Å². The van der Waals surface area contributed by atoms with E-state index in [4.69, 9.17) is 5.73 Å². The van der Waals surface area contributed by atoms with Gasteiger partial charge in [0.2, 0.25) is 11.8 Å². The fourth-order valence-electron chi connectivity index (χ4n) is 1.62. The Morgan fingerprint density at radius 3 is 2.63 bits per heavy atom. The molecule has 0 unspecified atom stereocenters. The first-order chi connectivity index (χ1) is 8.74. The van der Waals surface area contributed by atoms with Crippen LogP contribution in [0.2, 0.25) is 0 Å². The van der Waals surface area contributed by atoms with Crippen LogP contribution in [0.25, 0.3) is 11.3 Å². The number of hydrogen-bond acceptors (Lipinski definition) is 5. The number of anilines is 1. The molecule has 102 valence electrons. The molecular weight excluding hydrogens is 263 g/mol. The van der Waals surface area contributed by atoms with Gasteiger partial charge >= 0.3 is 6.18 Å². The molecule has 0 aliphatic rings. The summed E-state index contributed by atoms with van der Waals surface area (Å²) >= 11 is 0. The summed E-state index contributed by atoms with van der Waals surface area (Å²) in [5.74, 6) is -0.525. The number of rotatable bonds is 2. The second kappa shape index (κ2) is 4.41. The highest BCUT2D eigenvalue weighted by Crippen LogP contribution is 2.25. The molecule has 6 nitrogen and oxygen atoms in total. The van der Waals surface area contributed by atoms with Crippen molar-refractivity contribution in [3.8, 4) is 17.1 Å². The monoisotopic (exact) mass is 273 g/mol. The lowest BCUT2D eigenvalue weighted by Crippen LogP contribution is -2.17. The second-order valence-electron chi connectivity index (χ2n) is 3.91. The SMILES string of the molecule is Cc1nn(CC(F)(F)F)cc1-c1cc(O)nc(N)n1. The minimum Gasteiger partial charge on any atom is -0.493 e. The number of hydrogen-bond donors (Lipinski definition) is 2. The third-order valence-electron chi connectivity index (χ3n) is 2.29. The summed E-state index contributed by atoms with van der Waals surface area (Å²) in [6, 6.07) is 1.21. The molecule has 0 atom stereocenters.